The maximum absolute atomic E-state index is 11.1. The van der Waals surface area contributed by atoms with Crippen LogP contribution in [0, 0.1) is 0 Å². The van der Waals surface area contributed by atoms with Crippen LogP contribution in [0.15, 0.2) is 53.4 Å². The maximum atomic E-state index is 11.1. The summed E-state index contributed by atoms with van der Waals surface area (Å²) in [5.41, 5.74) is 1.83. The van der Waals surface area contributed by atoms with Gasteiger partial charge in [0.05, 0.1) is 5.56 Å². The lowest BCUT2D eigenvalue weighted by molar-refractivity contribution is 0.0697. The van der Waals surface area contributed by atoms with Crippen LogP contribution in [-0.2, 0) is 0 Å². The van der Waals surface area contributed by atoms with E-state index in [0.29, 0.717) is 11.1 Å². The van der Waals surface area contributed by atoms with Crippen LogP contribution in [0.4, 0.5) is 0 Å². The van der Waals surface area contributed by atoms with Crippen LogP contribution in [0.1, 0.15) is 10.4 Å². The molecule has 0 fully saturated rings. The third-order valence-corrected chi connectivity index (χ3v) is 2.74. The third-order valence-electron chi connectivity index (χ3n) is 2.35. The van der Waals surface area contributed by atoms with Crippen molar-refractivity contribution in [2.45, 2.75) is 4.90 Å². The average molecular weight is 230 g/mol. The molecule has 0 bridgehead atoms. The fourth-order valence-electron chi connectivity index (χ4n) is 1.61. The Morgan fingerprint density at radius 1 is 0.938 bits per heavy atom. The number of aromatic carboxylic acids is 1. The van der Waals surface area contributed by atoms with Crippen LogP contribution in [0.2, 0.25) is 0 Å². The molecule has 2 aromatic rings. The summed E-state index contributed by atoms with van der Waals surface area (Å²) in [4.78, 5) is 11.9. The van der Waals surface area contributed by atoms with Crippen LogP contribution in [0.25, 0.3) is 11.1 Å². The minimum atomic E-state index is -0.924. The zero-order chi connectivity index (χ0) is 11.5. The van der Waals surface area contributed by atoms with Gasteiger partial charge in [-0.3, -0.25) is 0 Å². The number of rotatable bonds is 2. The summed E-state index contributed by atoms with van der Waals surface area (Å²) in [5, 5.41) is 9.09. The highest BCUT2D eigenvalue weighted by Crippen LogP contribution is 2.28. The number of carboxylic acids is 1. The highest BCUT2D eigenvalue weighted by Gasteiger charge is 2.11. The van der Waals surface area contributed by atoms with Crippen LogP contribution in [-0.4, -0.2) is 11.1 Å². The van der Waals surface area contributed by atoms with Gasteiger partial charge in [-0.15, -0.1) is 12.6 Å². The van der Waals surface area contributed by atoms with Gasteiger partial charge < -0.3 is 5.11 Å². The Morgan fingerprint density at radius 3 is 2.12 bits per heavy atom. The predicted molar refractivity (Wildman–Crippen MR) is 66.1 cm³/mol. The lowest BCUT2D eigenvalue weighted by Crippen LogP contribution is -1.99. The molecule has 2 nitrogen and oxygen atoms in total. The van der Waals surface area contributed by atoms with Gasteiger partial charge in [0.1, 0.15) is 0 Å². The molecule has 3 heteroatoms. The molecule has 0 unspecified atom stereocenters. The van der Waals surface area contributed by atoms with Crippen molar-refractivity contribution in [2.75, 3.05) is 0 Å². The topological polar surface area (TPSA) is 37.3 Å². The van der Waals surface area contributed by atoms with E-state index < -0.39 is 5.97 Å². The van der Waals surface area contributed by atoms with Gasteiger partial charge in [-0.05, 0) is 23.3 Å². The van der Waals surface area contributed by atoms with Crippen LogP contribution >= 0.6 is 12.6 Å². The Hall–Kier alpha value is -1.74. The van der Waals surface area contributed by atoms with Crippen molar-refractivity contribution in [3.63, 3.8) is 0 Å². The van der Waals surface area contributed by atoms with E-state index in [4.69, 9.17) is 5.11 Å². The first-order valence-corrected chi connectivity index (χ1v) is 5.25. The van der Waals surface area contributed by atoms with Gasteiger partial charge in [0, 0.05) is 4.90 Å². The van der Waals surface area contributed by atoms with Crippen molar-refractivity contribution >= 4 is 18.6 Å². The Morgan fingerprint density at radius 2 is 1.50 bits per heavy atom. The number of thiol groups is 1. The maximum Gasteiger partial charge on any atom is 0.336 e. The summed E-state index contributed by atoms with van der Waals surface area (Å²) in [5.74, 6) is -0.924. The standard InChI is InChI=1S/C13H10O2S/c14-13(15)11-7-2-1-5-9(11)10-6-3-4-8-12(10)16/h1-8,16H,(H,14,15). The molecule has 0 radical (unpaired) electrons. The molecule has 0 aliphatic heterocycles. The lowest BCUT2D eigenvalue weighted by atomic mass is 10.00. The molecule has 0 aromatic heterocycles. The Labute approximate surface area is 99.0 Å². The fourth-order valence-corrected chi connectivity index (χ4v) is 1.89. The summed E-state index contributed by atoms with van der Waals surface area (Å²) in [7, 11) is 0. The zero-order valence-corrected chi connectivity index (χ0v) is 9.32. The Bertz CT molecular complexity index is 535. The molecule has 2 rings (SSSR count). The monoisotopic (exact) mass is 230 g/mol. The van der Waals surface area contributed by atoms with Crippen molar-refractivity contribution in [3.8, 4) is 11.1 Å². The van der Waals surface area contributed by atoms with Crippen molar-refractivity contribution in [1.82, 2.24) is 0 Å². The minimum absolute atomic E-state index is 0.295. The van der Waals surface area contributed by atoms with Crippen LogP contribution in [0.5, 0.6) is 0 Å². The Kier molecular flexibility index (Phi) is 2.97. The van der Waals surface area contributed by atoms with Crippen molar-refractivity contribution in [2.24, 2.45) is 0 Å². The second-order valence-corrected chi connectivity index (χ2v) is 3.85. The number of carboxylic acid groups (broad SMARTS) is 1. The molecule has 0 saturated carbocycles. The van der Waals surface area contributed by atoms with Crippen molar-refractivity contribution in [1.29, 1.82) is 0 Å². The summed E-state index contributed by atoms with van der Waals surface area (Å²) < 4.78 is 0. The van der Waals surface area contributed by atoms with Crippen molar-refractivity contribution in [3.05, 3.63) is 54.1 Å². The van der Waals surface area contributed by atoms with Gasteiger partial charge in [-0.25, -0.2) is 4.79 Å². The second kappa shape index (κ2) is 4.41. The first-order valence-electron chi connectivity index (χ1n) is 4.81. The van der Waals surface area contributed by atoms with E-state index >= 15 is 0 Å². The molecule has 0 spiro atoms. The van der Waals surface area contributed by atoms with Gasteiger partial charge in [-0.2, -0.15) is 0 Å². The summed E-state index contributed by atoms with van der Waals surface area (Å²) in [6.07, 6.45) is 0. The number of benzene rings is 2. The average Bonchev–Trinajstić information content (AvgIpc) is 2.29. The second-order valence-electron chi connectivity index (χ2n) is 3.37. The van der Waals surface area contributed by atoms with E-state index in [0.717, 1.165) is 10.5 Å². The number of carbonyl (C=O) groups is 1. The SMILES string of the molecule is O=C(O)c1ccccc1-c1ccccc1S. The predicted octanol–water partition coefficient (Wildman–Crippen LogP) is 3.34. The van der Waals surface area contributed by atoms with E-state index in [1.54, 1.807) is 18.2 Å². The Balaban J connectivity index is 2.65. The number of hydrogen-bond donors (Lipinski definition) is 2. The molecule has 0 aliphatic carbocycles. The van der Waals surface area contributed by atoms with E-state index in [1.165, 1.54) is 0 Å². The molecular formula is C13H10O2S. The van der Waals surface area contributed by atoms with E-state index in [-0.39, 0.29) is 0 Å². The van der Waals surface area contributed by atoms with Gasteiger partial charge in [0.2, 0.25) is 0 Å². The molecule has 80 valence electrons. The molecular weight excluding hydrogens is 220 g/mol. The first kappa shape index (κ1) is 10.8. The van der Waals surface area contributed by atoms with Crippen LogP contribution in [0.3, 0.4) is 0 Å². The normalized spacial score (nSPS) is 10.1. The van der Waals surface area contributed by atoms with Crippen LogP contribution < -0.4 is 0 Å². The van der Waals surface area contributed by atoms with Gasteiger partial charge in [0.15, 0.2) is 0 Å². The van der Waals surface area contributed by atoms with E-state index in [9.17, 15) is 4.79 Å². The molecule has 0 atom stereocenters. The molecule has 1 N–H and O–H groups in total. The summed E-state index contributed by atoms with van der Waals surface area (Å²) >= 11 is 4.33. The summed E-state index contributed by atoms with van der Waals surface area (Å²) in [6, 6.07) is 14.4. The third kappa shape index (κ3) is 1.95. The molecule has 0 saturated heterocycles. The molecule has 0 amide bonds. The fraction of sp³-hybridized carbons (Fsp3) is 0. The zero-order valence-electron chi connectivity index (χ0n) is 8.42. The largest absolute Gasteiger partial charge is 0.478 e. The highest BCUT2D eigenvalue weighted by molar-refractivity contribution is 7.80. The molecule has 16 heavy (non-hydrogen) atoms. The van der Waals surface area contributed by atoms with Gasteiger partial charge in [0.25, 0.3) is 0 Å². The molecule has 2 aromatic carbocycles. The molecule has 0 aliphatic rings. The first-order chi connectivity index (χ1) is 7.70. The van der Waals surface area contributed by atoms with E-state index in [1.807, 2.05) is 30.3 Å². The smallest absolute Gasteiger partial charge is 0.336 e. The van der Waals surface area contributed by atoms with Gasteiger partial charge >= 0.3 is 5.97 Å². The lowest BCUT2D eigenvalue weighted by Gasteiger charge is -2.08. The highest BCUT2D eigenvalue weighted by atomic mass is 32.1. The van der Waals surface area contributed by atoms with E-state index in [2.05, 4.69) is 12.6 Å². The summed E-state index contributed by atoms with van der Waals surface area (Å²) in [6.45, 7) is 0. The van der Waals surface area contributed by atoms with Gasteiger partial charge in [-0.1, -0.05) is 36.4 Å². The quantitative estimate of drug-likeness (QED) is 0.776. The number of hydrogen-bond acceptors (Lipinski definition) is 2. The minimum Gasteiger partial charge on any atom is -0.478 e. The molecule has 0 heterocycles. The van der Waals surface area contributed by atoms with Crippen molar-refractivity contribution < 1.29 is 9.90 Å².